The van der Waals surface area contributed by atoms with Crippen molar-refractivity contribution in [2.75, 3.05) is 39.6 Å². The Bertz CT molecular complexity index is 369. The standard InChI is InChI=1S/C11H22N2O4S/c1-17-7-3-5-12-11(14)8-10-4-6-13(9-10)18(2,15)16/h10H,3-9H2,1-2H3,(H,12,14). The Kier molecular flexibility index (Phi) is 6.04. The Hall–Kier alpha value is -0.660. The van der Waals surface area contributed by atoms with E-state index in [4.69, 9.17) is 4.74 Å². The van der Waals surface area contributed by atoms with Crippen molar-refractivity contribution in [2.24, 2.45) is 5.92 Å². The van der Waals surface area contributed by atoms with Crippen LogP contribution in [0.1, 0.15) is 19.3 Å². The minimum atomic E-state index is -3.11. The zero-order valence-corrected chi connectivity index (χ0v) is 11.8. The van der Waals surface area contributed by atoms with Crippen LogP contribution in [0.5, 0.6) is 0 Å². The number of hydrogen-bond donors (Lipinski definition) is 1. The molecule has 1 atom stereocenters. The van der Waals surface area contributed by atoms with E-state index in [0.29, 0.717) is 32.7 Å². The van der Waals surface area contributed by atoms with Gasteiger partial charge in [-0.1, -0.05) is 0 Å². The molecule has 1 N–H and O–H groups in total. The van der Waals surface area contributed by atoms with Crippen molar-refractivity contribution in [3.05, 3.63) is 0 Å². The molecule has 1 aliphatic rings. The minimum absolute atomic E-state index is 0.00791. The van der Waals surface area contributed by atoms with E-state index >= 15 is 0 Å². The molecule has 1 heterocycles. The number of rotatable bonds is 7. The second-order valence-corrected chi connectivity index (χ2v) is 6.66. The van der Waals surface area contributed by atoms with Crippen LogP contribution in [-0.2, 0) is 19.6 Å². The van der Waals surface area contributed by atoms with Gasteiger partial charge in [-0.25, -0.2) is 12.7 Å². The smallest absolute Gasteiger partial charge is 0.220 e. The molecular weight excluding hydrogens is 256 g/mol. The third-order valence-electron chi connectivity index (χ3n) is 3.04. The monoisotopic (exact) mass is 278 g/mol. The van der Waals surface area contributed by atoms with Crippen LogP contribution < -0.4 is 5.32 Å². The van der Waals surface area contributed by atoms with Crippen molar-refractivity contribution in [3.8, 4) is 0 Å². The largest absolute Gasteiger partial charge is 0.385 e. The molecule has 1 aliphatic heterocycles. The van der Waals surface area contributed by atoms with Gasteiger partial charge in [-0.2, -0.15) is 0 Å². The van der Waals surface area contributed by atoms with Crippen LogP contribution in [0.25, 0.3) is 0 Å². The quantitative estimate of drug-likeness (QED) is 0.655. The molecule has 18 heavy (non-hydrogen) atoms. The van der Waals surface area contributed by atoms with Crippen LogP contribution in [0, 0.1) is 5.92 Å². The summed E-state index contributed by atoms with van der Waals surface area (Å²) in [5.74, 6) is 0.133. The van der Waals surface area contributed by atoms with E-state index in [-0.39, 0.29) is 11.8 Å². The van der Waals surface area contributed by atoms with Gasteiger partial charge in [-0.3, -0.25) is 4.79 Å². The van der Waals surface area contributed by atoms with Gasteiger partial charge in [0.05, 0.1) is 6.26 Å². The van der Waals surface area contributed by atoms with Gasteiger partial charge in [0.15, 0.2) is 0 Å². The van der Waals surface area contributed by atoms with Crippen LogP contribution in [0.3, 0.4) is 0 Å². The van der Waals surface area contributed by atoms with Gasteiger partial charge < -0.3 is 10.1 Å². The maximum atomic E-state index is 11.6. The molecular formula is C11H22N2O4S. The Balaban J connectivity index is 2.22. The van der Waals surface area contributed by atoms with Gasteiger partial charge in [-0.05, 0) is 18.8 Å². The van der Waals surface area contributed by atoms with Crippen LogP contribution in [0.15, 0.2) is 0 Å². The average Bonchev–Trinajstić information content (AvgIpc) is 2.72. The normalized spacial score (nSPS) is 21.1. The van der Waals surface area contributed by atoms with Crippen molar-refractivity contribution in [1.82, 2.24) is 9.62 Å². The molecule has 1 saturated heterocycles. The van der Waals surface area contributed by atoms with E-state index in [2.05, 4.69) is 5.32 Å². The molecule has 106 valence electrons. The number of methoxy groups -OCH3 is 1. The Morgan fingerprint density at radius 2 is 2.22 bits per heavy atom. The van der Waals surface area contributed by atoms with E-state index in [1.54, 1.807) is 7.11 Å². The summed E-state index contributed by atoms with van der Waals surface area (Å²) >= 11 is 0. The molecule has 6 nitrogen and oxygen atoms in total. The van der Waals surface area contributed by atoms with E-state index in [0.717, 1.165) is 12.8 Å². The maximum Gasteiger partial charge on any atom is 0.220 e. The van der Waals surface area contributed by atoms with Crippen molar-refractivity contribution >= 4 is 15.9 Å². The molecule has 0 aliphatic carbocycles. The summed E-state index contributed by atoms with van der Waals surface area (Å²) in [6, 6.07) is 0. The van der Waals surface area contributed by atoms with Gasteiger partial charge in [-0.15, -0.1) is 0 Å². The summed E-state index contributed by atoms with van der Waals surface area (Å²) in [4.78, 5) is 11.6. The molecule has 0 aromatic carbocycles. The Morgan fingerprint density at radius 3 is 2.78 bits per heavy atom. The number of hydrogen-bond acceptors (Lipinski definition) is 4. The average molecular weight is 278 g/mol. The lowest BCUT2D eigenvalue weighted by molar-refractivity contribution is -0.121. The SMILES string of the molecule is COCCCNC(=O)CC1CCN(S(C)(=O)=O)C1. The zero-order valence-electron chi connectivity index (χ0n) is 11.0. The van der Waals surface area contributed by atoms with Crippen molar-refractivity contribution in [1.29, 1.82) is 0 Å². The summed E-state index contributed by atoms with van der Waals surface area (Å²) < 4.78 is 29.0. The molecule has 0 saturated carbocycles. The maximum absolute atomic E-state index is 11.6. The summed E-state index contributed by atoms with van der Waals surface area (Å²) in [6.07, 6.45) is 3.17. The summed E-state index contributed by atoms with van der Waals surface area (Å²) in [7, 11) is -1.49. The first kappa shape index (κ1) is 15.4. The third-order valence-corrected chi connectivity index (χ3v) is 4.31. The van der Waals surface area contributed by atoms with Crippen LogP contribution in [0.4, 0.5) is 0 Å². The van der Waals surface area contributed by atoms with Crippen LogP contribution in [0.2, 0.25) is 0 Å². The second-order valence-electron chi connectivity index (χ2n) is 4.68. The lowest BCUT2D eigenvalue weighted by Crippen LogP contribution is -2.30. The number of amides is 1. The molecule has 0 aromatic heterocycles. The summed E-state index contributed by atoms with van der Waals surface area (Å²) in [5, 5.41) is 2.81. The molecule has 0 radical (unpaired) electrons. The van der Waals surface area contributed by atoms with Gasteiger partial charge in [0, 0.05) is 39.8 Å². The minimum Gasteiger partial charge on any atom is -0.385 e. The van der Waals surface area contributed by atoms with Gasteiger partial charge >= 0.3 is 0 Å². The second kappa shape index (κ2) is 7.06. The highest BCUT2D eigenvalue weighted by Gasteiger charge is 2.29. The van der Waals surface area contributed by atoms with Crippen molar-refractivity contribution in [2.45, 2.75) is 19.3 Å². The highest BCUT2D eigenvalue weighted by molar-refractivity contribution is 7.88. The molecule has 1 amide bonds. The number of ether oxygens (including phenoxy) is 1. The van der Waals surface area contributed by atoms with Crippen LogP contribution >= 0.6 is 0 Å². The highest BCUT2D eigenvalue weighted by Crippen LogP contribution is 2.21. The number of sulfonamides is 1. The molecule has 1 fully saturated rings. The fourth-order valence-corrected chi connectivity index (χ4v) is 2.96. The number of carbonyl (C=O) groups is 1. The first-order chi connectivity index (χ1) is 8.43. The third kappa shape index (κ3) is 5.32. The predicted octanol–water partition coefficient (Wildman–Crippen LogP) is -0.189. The number of nitrogens with zero attached hydrogens (tertiary/aromatic N) is 1. The van der Waals surface area contributed by atoms with E-state index < -0.39 is 10.0 Å². The van der Waals surface area contributed by atoms with E-state index in [1.807, 2.05) is 0 Å². The molecule has 0 aromatic rings. The summed E-state index contributed by atoms with van der Waals surface area (Å²) in [6.45, 7) is 2.23. The molecule has 0 spiro atoms. The summed E-state index contributed by atoms with van der Waals surface area (Å²) in [5.41, 5.74) is 0. The lowest BCUT2D eigenvalue weighted by Gasteiger charge is -2.13. The zero-order chi connectivity index (χ0) is 13.6. The lowest BCUT2D eigenvalue weighted by atomic mass is 10.0. The first-order valence-electron chi connectivity index (χ1n) is 6.14. The fraction of sp³-hybridized carbons (Fsp3) is 0.909. The van der Waals surface area contributed by atoms with E-state index in [1.165, 1.54) is 10.6 Å². The first-order valence-corrected chi connectivity index (χ1v) is 7.99. The molecule has 1 unspecified atom stereocenters. The van der Waals surface area contributed by atoms with Gasteiger partial charge in [0.2, 0.25) is 15.9 Å². The molecule has 0 bridgehead atoms. The van der Waals surface area contributed by atoms with Gasteiger partial charge in [0.25, 0.3) is 0 Å². The highest BCUT2D eigenvalue weighted by atomic mass is 32.2. The van der Waals surface area contributed by atoms with E-state index in [9.17, 15) is 13.2 Å². The number of nitrogens with one attached hydrogen (secondary N) is 1. The molecule has 7 heteroatoms. The topological polar surface area (TPSA) is 75.7 Å². The van der Waals surface area contributed by atoms with Crippen LogP contribution in [-0.4, -0.2) is 58.2 Å². The molecule has 1 rings (SSSR count). The Labute approximate surface area is 109 Å². The van der Waals surface area contributed by atoms with Crippen molar-refractivity contribution in [3.63, 3.8) is 0 Å². The fourth-order valence-electron chi connectivity index (χ4n) is 2.04. The number of carbonyl (C=O) groups excluding carboxylic acids is 1. The Morgan fingerprint density at radius 1 is 1.50 bits per heavy atom. The van der Waals surface area contributed by atoms with Gasteiger partial charge in [0.1, 0.15) is 0 Å². The predicted molar refractivity (Wildman–Crippen MR) is 68.6 cm³/mol. The van der Waals surface area contributed by atoms with Crippen molar-refractivity contribution < 1.29 is 17.9 Å².